The third kappa shape index (κ3) is 8.87. The van der Waals surface area contributed by atoms with Crippen LogP contribution in [0.4, 0.5) is 0 Å². The zero-order valence-electron chi connectivity index (χ0n) is 20.4. The first-order valence-corrected chi connectivity index (χ1v) is 12.8. The summed E-state index contributed by atoms with van der Waals surface area (Å²) in [6.45, 7) is 9.55. The fourth-order valence-electron chi connectivity index (χ4n) is 4.75. The maximum absolute atomic E-state index is 11.9. The van der Waals surface area contributed by atoms with Crippen LogP contribution in [0.25, 0.3) is 0 Å². The van der Waals surface area contributed by atoms with E-state index >= 15 is 0 Å². The summed E-state index contributed by atoms with van der Waals surface area (Å²) in [6, 6.07) is 0. The van der Waals surface area contributed by atoms with Crippen molar-refractivity contribution in [3.8, 4) is 0 Å². The zero-order chi connectivity index (χ0) is 23.3. The molecule has 1 aliphatic carbocycles. The molecule has 6 heteroatoms. The first-order chi connectivity index (χ1) is 15.5. The number of rotatable bonds is 15. The number of carbonyl (C=O) groups is 1. The number of hydrogen-bond acceptors (Lipinski definition) is 6. The number of carbonyl (C=O) groups excluding carboxylic acids is 1. The number of fused-ring (bicyclic) bond motifs is 1. The van der Waals surface area contributed by atoms with Gasteiger partial charge in [-0.15, -0.1) is 0 Å². The van der Waals surface area contributed by atoms with Gasteiger partial charge in [-0.2, -0.15) is 0 Å². The van der Waals surface area contributed by atoms with Gasteiger partial charge in [0.15, 0.2) is 0 Å². The molecule has 1 aliphatic heterocycles. The Hall–Kier alpha value is -1.37. The predicted octanol–water partition coefficient (Wildman–Crippen LogP) is 4.21. The predicted molar refractivity (Wildman–Crippen MR) is 127 cm³/mol. The number of aliphatic hydroxyl groups is 2. The Balaban J connectivity index is 1.69. The maximum Gasteiger partial charge on any atom is 0.305 e. The second-order valence-corrected chi connectivity index (χ2v) is 9.16. The highest BCUT2D eigenvalue weighted by atomic mass is 16.5. The van der Waals surface area contributed by atoms with Gasteiger partial charge >= 0.3 is 5.97 Å². The third-order valence-corrected chi connectivity index (χ3v) is 6.81. The van der Waals surface area contributed by atoms with Crippen LogP contribution in [0.15, 0.2) is 24.0 Å². The van der Waals surface area contributed by atoms with Crippen molar-refractivity contribution < 1.29 is 24.5 Å². The van der Waals surface area contributed by atoms with Gasteiger partial charge in [-0.3, -0.25) is 4.79 Å². The number of esters is 1. The number of aliphatic hydroxyl groups excluding tert-OH is 2. The first-order valence-electron chi connectivity index (χ1n) is 12.8. The molecule has 2 rings (SSSR count). The molecule has 0 aromatic heterocycles. The van der Waals surface area contributed by atoms with Crippen LogP contribution in [0.5, 0.6) is 0 Å². The van der Waals surface area contributed by atoms with Crippen molar-refractivity contribution >= 4 is 5.97 Å². The van der Waals surface area contributed by atoms with Gasteiger partial charge in [-0.05, 0) is 38.4 Å². The van der Waals surface area contributed by atoms with Gasteiger partial charge in [0.1, 0.15) is 12.7 Å². The van der Waals surface area contributed by atoms with E-state index in [1.807, 2.05) is 12.2 Å². The Morgan fingerprint density at radius 2 is 2.03 bits per heavy atom. The van der Waals surface area contributed by atoms with Crippen molar-refractivity contribution in [2.24, 2.45) is 11.8 Å². The fraction of sp³-hybridized carbons (Fsp3) is 0.808. The summed E-state index contributed by atoms with van der Waals surface area (Å²) in [5.74, 6) is 1.14. The lowest BCUT2D eigenvalue weighted by molar-refractivity contribution is -0.144. The first kappa shape index (κ1) is 26.9. The smallest absolute Gasteiger partial charge is 0.305 e. The van der Waals surface area contributed by atoms with Crippen LogP contribution < -0.4 is 0 Å². The summed E-state index contributed by atoms with van der Waals surface area (Å²) in [5, 5.41) is 20.6. The highest BCUT2D eigenvalue weighted by Crippen LogP contribution is 2.45. The van der Waals surface area contributed by atoms with Crippen LogP contribution in [0, 0.1) is 11.8 Å². The molecule has 6 nitrogen and oxygen atoms in total. The summed E-state index contributed by atoms with van der Waals surface area (Å²) in [5.41, 5.74) is 0. The Bertz CT molecular complexity index is 601. The van der Waals surface area contributed by atoms with Gasteiger partial charge in [-0.25, -0.2) is 0 Å². The van der Waals surface area contributed by atoms with Crippen molar-refractivity contribution in [2.45, 2.75) is 96.9 Å². The van der Waals surface area contributed by atoms with Gasteiger partial charge in [0.2, 0.25) is 0 Å². The average molecular weight is 452 g/mol. The van der Waals surface area contributed by atoms with Gasteiger partial charge < -0.3 is 24.6 Å². The second-order valence-electron chi connectivity index (χ2n) is 9.16. The van der Waals surface area contributed by atoms with Crippen LogP contribution in [0.3, 0.4) is 0 Å². The lowest BCUT2D eigenvalue weighted by Gasteiger charge is -2.17. The van der Waals surface area contributed by atoms with E-state index in [2.05, 4.69) is 31.7 Å². The third-order valence-electron chi connectivity index (χ3n) is 6.81. The Kier molecular flexibility index (Phi) is 12.4. The molecule has 2 aliphatic rings. The van der Waals surface area contributed by atoms with E-state index in [1.54, 1.807) is 0 Å². The van der Waals surface area contributed by atoms with Gasteiger partial charge in [-0.1, -0.05) is 52.2 Å². The van der Waals surface area contributed by atoms with Crippen molar-refractivity contribution in [1.82, 2.24) is 4.90 Å². The molecular weight excluding hydrogens is 406 g/mol. The highest BCUT2D eigenvalue weighted by molar-refractivity contribution is 5.69. The van der Waals surface area contributed by atoms with Crippen LogP contribution >= 0.6 is 0 Å². The lowest BCUT2D eigenvalue weighted by Crippen LogP contribution is -2.27. The minimum absolute atomic E-state index is 0.0347. The standard InChI is InChI=1S/C26H45NO5/c1-4-7-8-11-20(28)14-15-22-23-18-21(32-25(23)19-24(22)29)12-9-10-13-26(30)31-17-16-27(5-2)6-3/h12,14-15,20,22-25,28-29H,4-11,13,16-19H2,1-3H3/b15-14+,21-12-/t20-,22+,23+,24+,25-/m0/s1. The van der Waals surface area contributed by atoms with Crippen LogP contribution in [-0.2, 0) is 14.3 Å². The summed E-state index contributed by atoms with van der Waals surface area (Å²) >= 11 is 0. The monoisotopic (exact) mass is 451 g/mol. The van der Waals surface area contributed by atoms with Crippen LogP contribution in [0.2, 0.25) is 0 Å². The molecule has 2 N–H and O–H groups in total. The molecule has 0 amide bonds. The topological polar surface area (TPSA) is 79.2 Å². The number of likely N-dealkylation sites (N-methyl/N-ethyl adjacent to an activating group) is 1. The maximum atomic E-state index is 11.9. The normalized spacial score (nSPS) is 27.2. The summed E-state index contributed by atoms with van der Waals surface area (Å²) in [4.78, 5) is 14.1. The minimum Gasteiger partial charge on any atom is -0.495 e. The molecule has 0 radical (unpaired) electrons. The molecule has 0 aromatic carbocycles. The van der Waals surface area contributed by atoms with E-state index in [9.17, 15) is 15.0 Å². The Morgan fingerprint density at radius 3 is 2.75 bits per heavy atom. The molecule has 0 aromatic rings. The van der Waals surface area contributed by atoms with E-state index in [1.165, 1.54) is 0 Å². The van der Waals surface area contributed by atoms with E-state index in [0.29, 0.717) is 19.4 Å². The van der Waals surface area contributed by atoms with Crippen LogP contribution in [-0.4, -0.2) is 65.6 Å². The SMILES string of the molecule is CCCCC[C@H](O)/C=C/[C@@H]1[C@H]2C/C(=C/CCCC(=O)OCCN(CC)CC)O[C@H]2C[C@H]1O. The quantitative estimate of drug-likeness (QED) is 0.221. The summed E-state index contributed by atoms with van der Waals surface area (Å²) in [6.07, 6.45) is 12.7. The molecular formula is C26H45NO5. The zero-order valence-corrected chi connectivity index (χ0v) is 20.4. The fourth-order valence-corrected chi connectivity index (χ4v) is 4.75. The highest BCUT2D eigenvalue weighted by Gasteiger charge is 2.46. The summed E-state index contributed by atoms with van der Waals surface area (Å²) in [7, 11) is 0. The number of nitrogens with zero attached hydrogens (tertiary/aromatic N) is 1. The van der Waals surface area contributed by atoms with E-state index in [0.717, 1.165) is 70.3 Å². The number of ether oxygens (including phenoxy) is 2. The molecule has 184 valence electrons. The number of unbranched alkanes of at least 4 members (excludes halogenated alkanes) is 3. The minimum atomic E-state index is -0.433. The molecule has 1 heterocycles. The van der Waals surface area contributed by atoms with Crippen molar-refractivity contribution in [3.63, 3.8) is 0 Å². The molecule has 5 atom stereocenters. The molecule has 2 fully saturated rings. The largest absolute Gasteiger partial charge is 0.495 e. The van der Waals surface area contributed by atoms with Gasteiger partial charge in [0.25, 0.3) is 0 Å². The van der Waals surface area contributed by atoms with Crippen molar-refractivity contribution in [3.05, 3.63) is 24.0 Å². The molecule has 0 unspecified atom stereocenters. The number of allylic oxidation sites excluding steroid dienone is 2. The molecule has 0 spiro atoms. The van der Waals surface area contributed by atoms with Crippen molar-refractivity contribution in [2.75, 3.05) is 26.2 Å². The Morgan fingerprint density at radius 1 is 1.25 bits per heavy atom. The van der Waals surface area contributed by atoms with E-state index < -0.39 is 12.2 Å². The van der Waals surface area contributed by atoms with E-state index in [4.69, 9.17) is 9.47 Å². The molecule has 32 heavy (non-hydrogen) atoms. The second kappa shape index (κ2) is 14.7. The molecule has 1 saturated heterocycles. The number of hydrogen-bond donors (Lipinski definition) is 2. The average Bonchev–Trinajstić information content (AvgIpc) is 3.29. The summed E-state index contributed by atoms with van der Waals surface area (Å²) < 4.78 is 11.4. The lowest BCUT2D eigenvalue weighted by atomic mass is 9.90. The van der Waals surface area contributed by atoms with Crippen LogP contribution in [0.1, 0.15) is 78.6 Å². The molecule has 1 saturated carbocycles. The Labute approximate surface area is 194 Å². The van der Waals surface area contributed by atoms with Crippen molar-refractivity contribution in [1.29, 1.82) is 0 Å². The van der Waals surface area contributed by atoms with E-state index in [-0.39, 0.29) is 23.9 Å². The van der Waals surface area contributed by atoms with Gasteiger partial charge in [0, 0.05) is 37.6 Å². The molecule has 0 bridgehead atoms. The van der Waals surface area contributed by atoms with Gasteiger partial charge in [0.05, 0.1) is 18.0 Å².